The second-order valence-corrected chi connectivity index (χ2v) is 6.71. The number of H-pyrrole nitrogens is 1. The van der Waals surface area contributed by atoms with Crippen molar-refractivity contribution in [2.45, 2.75) is 13.3 Å². The molecule has 0 unspecified atom stereocenters. The van der Waals surface area contributed by atoms with Crippen molar-refractivity contribution in [3.63, 3.8) is 0 Å². The van der Waals surface area contributed by atoms with Crippen molar-refractivity contribution in [2.75, 3.05) is 43.1 Å². The molecule has 1 aromatic carbocycles. The van der Waals surface area contributed by atoms with Gasteiger partial charge < -0.3 is 14.5 Å². The summed E-state index contributed by atoms with van der Waals surface area (Å²) < 4.78 is 5.33. The fourth-order valence-electron chi connectivity index (χ4n) is 3.42. The zero-order valence-electron chi connectivity index (χ0n) is 14.9. The van der Waals surface area contributed by atoms with Crippen molar-refractivity contribution in [1.29, 1.82) is 0 Å². The third-order valence-corrected chi connectivity index (χ3v) is 5.01. The summed E-state index contributed by atoms with van der Waals surface area (Å²) in [4.78, 5) is 13.4. The number of ether oxygens (including phenoxy) is 1. The first-order chi connectivity index (χ1) is 12.7. The molecular weight excluding hydrogens is 352 g/mol. The smallest absolute Gasteiger partial charge is 0.186 e. The van der Waals surface area contributed by atoms with Gasteiger partial charge in [0.25, 0.3) is 0 Å². The zero-order valence-corrected chi connectivity index (χ0v) is 15.6. The summed E-state index contributed by atoms with van der Waals surface area (Å²) in [6.45, 7) is 5.61. The Kier molecular flexibility index (Phi) is 4.55. The minimum atomic E-state index is 0.685. The highest BCUT2D eigenvalue weighted by atomic mass is 35.5. The van der Waals surface area contributed by atoms with Gasteiger partial charge in [0, 0.05) is 48.6 Å². The Hall–Kier alpha value is -2.54. The molecule has 0 spiro atoms. The van der Waals surface area contributed by atoms with Crippen LogP contribution in [0.2, 0.25) is 5.02 Å². The van der Waals surface area contributed by atoms with Crippen molar-refractivity contribution in [3.05, 3.63) is 35.2 Å². The summed E-state index contributed by atoms with van der Waals surface area (Å²) in [5.74, 6) is 1.74. The SMILES string of the molecule is CCc1[nH]nc2ncnc(N3CCN(c4cc(Cl)cc(OC)c4)CC3)c12. The standard InChI is InChI=1S/C18H21ClN6O/c1-3-15-16-17(23-22-15)20-11-21-18(16)25-6-4-24(5-7-25)13-8-12(19)9-14(10-13)26-2/h8-11H,3-7H2,1-2H3,(H,20,21,22,23). The minimum absolute atomic E-state index is 0.685. The number of aryl methyl sites for hydroxylation is 1. The first-order valence-corrected chi connectivity index (χ1v) is 9.09. The van der Waals surface area contributed by atoms with Crippen LogP contribution < -0.4 is 14.5 Å². The van der Waals surface area contributed by atoms with E-state index >= 15 is 0 Å². The summed E-state index contributed by atoms with van der Waals surface area (Å²) in [6.07, 6.45) is 2.46. The first kappa shape index (κ1) is 16.9. The van der Waals surface area contributed by atoms with Gasteiger partial charge >= 0.3 is 0 Å². The monoisotopic (exact) mass is 372 g/mol. The lowest BCUT2D eigenvalue weighted by Crippen LogP contribution is -2.47. The van der Waals surface area contributed by atoms with E-state index in [4.69, 9.17) is 16.3 Å². The van der Waals surface area contributed by atoms with Gasteiger partial charge in [0.15, 0.2) is 5.65 Å². The maximum absolute atomic E-state index is 6.21. The van der Waals surface area contributed by atoms with Crippen molar-refractivity contribution in [3.8, 4) is 5.75 Å². The summed E-state index contributed by atoms with van der Waals surface area (Å²) in [7, 11) is 1.66. The molecule has 0 bridgehead atoms. The molecule has 0 aliphatic carbocycles. The molecule has 0 atom stereocenters. The molecule has 1 aliphatic rings. The van der Waals surface area contributed by atoms with Crippen molar-refractivity contribution in [1.82, 2.24) is 20.2 Å². The highest BCUT2D eigenvalue weighted by Crippen LogP contribution is 2.30. The van der Waals surface area contributed by atoms with Gasteiger partial charge in [0.1, 0.15) is 17.9 Å². The molecule has 0 amide bonds. The van der Waals surface area contributed by atoms with Crippen LogP contribution in [0.3, 0.4) is 0 Å². The number of aromatic amines is 1. The van der Waals surface area contributed by atoms with Gasteiger partial charge in [-0.2, -0.15) is 5.10 Å². The van der Waals surface area contributed by atoms with E-state index in [0.29, 0.717) is 5.02 Å². The Bertz CT molecular complexity index is 919. The van der Waals surface area contributed by atoms with Gasteiger partial charge in [-0.05, 0) is 18.6 Å². The Labute approximate surface area is 156 Å². The summed E-state index contributed by atoms with van der Waals surface area (Å²) in [5.41, 5.74) is 2.89. The van der Waals surface area contributed by atoms with Crippen LogP contribution in [0.15, 0.2) is 24.5 Å². The molecule has 136 valence electrons. The number of rotatable bonds is 4. The second-order valence-electron chi connectivity index (χ2n) is 6.27. The average molecular weight is 373 g/mol. The third-order valence-electron chi connectivity index (χ3n) is 4.80. The number of hydrogen-bond acceptors (Lipinski definition) is 6. The van der Waals surface area contributed by atoms with E-state index in [-0.39, 0.29) is 0 Å². The molecule has 1 N–H and O–H groups in total. The second kappa shape index (κ2) is 6.99. The lowest BCUT2D eigenvalue weighted by molar-refractivity contribution is 0.414. The predicted molar refractivity (Wildman–Crippen MR) is 103 cm³/mol. The van der Waals surface area contributed by atoms with Crippen LogP contribution in [0.1, 0.15) is 12.6 Å². The van der Waals surface area contributed by atoms with Gasteiger partial charge in [0.05, 0.1) is 12.5 Å². The maximum Gasteiger partial charge on any atom is 0.186 e. The van der Waals surface area contributed by atoms with E-state index in [1.54, 1.807) is 13.4 Å². The van der Waals surface area contributed by atoms with E-state index in [0.717, 1.165) is 66.6 Å². The van der Waals surface area contributed by atoms with Gasteiger partial charge in [-0.15, -0.1) is 0 Å². The Morgan fingerprint density at radius 3 is 2.62 bits per heavy atom. The largest absolute Gasteiger partial charge is 0.497 e. The molecule has 2 aromatic heterocycles. The van der Waals surface area contributed by atoms with Crippen LogP contribution in [-0.4, -0.2) is 53.5 Å². The molecule has 7 nitrogen and oxygen atoms in total. The fourth-order valence-corrected chi connectivity index (χ4v) is 3.64. The molecule has 1 saturated heterocycles. The molecule has 0 saturated carbocycles. The van der Waals surface area contributed by atoms with E-state index < -0.39 is 0 Å². The van der Waals surface area contributed by atoms with Crippen LogP contribution in [0, 0.1) is 0 Å². The van der Waals surface area contributed by atoms with Crippen LogP contribution in [-0.2, 0) is 6.42 Å². The number of nitrogens with zero attached hydrogens (tertiary/aromatic N) is 5. The van der Waals surface area contributed by atoms with Crippen LogP contribution >= 0.6 is 11.6 Å². The average Bonchev–Trinajstić information content (AvgIpc) is 3.11. The lowest BCUT2D eigenvalue weighted by Gasteiger charge is -2.37. The number of methoxy groups -OCH3 is 1. The molecule has 26 heavy (non-hydrogen) atoms. The Morgan fingerprint density at radius 1 is 1.12 bits per heavy atom. The highest BCUT2D eigenvalue weighted by Gasteiger charge is 2.22. The highest BCUT2D eigenvalue weighted by molar-refractivity contribution is 6.31. The van der Waals surface area contributed by atoms with E-state index in [2.05, 4.69) is 36.9 Å². The molecule has 8 heteroatoms. The molecule has 4 rings (SSSR count). The van der Waals surface area contributed by atoms with Gasteiger partial charge in [-0.1, -0.05) is 18.5 Å². The van der Waals surface area contributed by atoms with E-state index in [1.165, 1.54) is 0 Å². The van der Waals surface area contributed by atoms with Gasteiger partial charge in [-0.3, -0.25) is 5.10 Å². The molecule has 1 aliphatic heterocycles. The first-order valence-electron chi connectivity index (χ1n) is 8.72. The summed E-state index contributed by atoms with van der Waals surface area (Å²) in [5, 5.41) is 9.09. The Balaban J connectivity index is 1.56. The molecule has 0 radical (unpaired) electrons. The van der Waals surface area contributed by atoms with E-state index in [9.17, 15) is 0 Å². The van der Waals surface area contributed by atoms with Crippen molar-refractivity contribution in [2.24, 2.45) is 0 Å². The molecule has 3 heterocycles. The van der Waals surface area contributed by atoms with Crippen molar-refractivity contribution >= 4 is 34.1 Å². The molecule has 1 fully saturated rings. The van der Waals surface area contributed by atoms with Gasteiger partial charge in [-0.25, -0.2) is 9.97 Å². The minimum Gasteiger partial charge on any atom is -0.497 e. The normalized spacial score (nSPS) is 14.9. The number of piperazine rings is 1. The quantitative estimate of drug-likeness (QED) is 0.759. The fraction of sp³-hybridized carbons (Fsp3) is 0.389. The number of hydrogen-bond donors (Lipinski definition) is 1. The topological polar surface area (TPSA) is 70.2 Å². The third kappa shape index (κ3) is 3.03. The van der Waals surface area contributed by atoms with Crippen LogP contribution in [0.25, 0.3) is 11.0 Å². The predicted octanol–water partition coefficient (Wildman–Crippen LogP) is 2.90. The van der Waals surface area contributed by atoms with E-state index in [1.807, 2.05) is 18.2 Å². The lowest BCUT2D eigenvalue weighted by atomic mass is 10.2. The zero-order chi connectivity index (χ0) is 18.1. The van der Waals surface area contributed by atoms with Crippen LogP contribution in [0.5, 0.6) is 5.75 Å². The summed E-state index contributed by atoms with van der Waals surface area (Å²) in [6, 6.07) is 5.83. The number of aromatic nitrogens is 4. The van der Waals surface area contributed by atoms with Crippen LogP contribution in [0.4, 0.5) is 11.5 Å². The number of anilines is 2. The summed E-state index contributed by atoms with van der Waals surface area (Å²) >= 11 is 6.21. The van der Waals surface area contributed by atoms with Gasteiger partial charge in [0.2, 0.25) is 0 Å². The molecular formula is C18H21ClN6O. The number of fused-ring (bicyclic) bond motifs is 1. The molecule has 3 aromatic rings. The number of nitrogens with one attached hydrogen (secondary N) is 1. The Morgan fingerprint density at radius 2 is 1.88 bits per heavy atom. The number of benzene rings is 1. The number of halogens is 1. The van der Waals surface area contributed by atoms with Crippen molar-refractivity contribution < 1.29 is 4.74 Å². The maximum atomic E-state index is 6.21.